The molecule has 2 rings (SSSR count). The lowest BCUT2D eigenvalue weighted by molar-refractivity contribution is 0.0475. The quantitative estimate of drug-likeness (QED) is 0.687. The van der Waals surface area contributed by atoms with Crippen LogP contribution >= 0.6 is 23.2 Å². The average Bonchev–Trinajstić information content (AvgIpc) is 2.47. The van der Waals surface area contributed by atoms with Crippen molar-refractivity contribution in [1.82, 2.24) is 0 Å². The minimum absolute atomic E-state index is 0.0355. The molecule has 0 radical (unpaired) electrons. The molecule has 4 nitrogen and oxygen atoms in total. The van der Waals surface area contributed by atoms with Crippen molar-refractivity contribution in [3.63, 3.8) is 0 Å². The maximum atomic E-state index is 11.9. The number of Topliss-reactive ketones (excluding diaryl/α,β-unsaturated/α-hetero) is 1. The van der Waals surface area contributed by atoms with E-state index in [2.05, 4.69) is 0 Å². The number of ketones is 1. The van der Waals surface area contributed by atoms with E-state index in [-0.39, 0.29) is 21.9 Å². The van der Waals surface area contributed by atoms with Gasteiger partial charge in [-0.05, 0) is 42.5 Å². The van der Waals surface area contributed by atoms with Gasteiger partial charge in [-0.3, -0.25) is 4.79 Å². The zero-order valence-electron chi connectivity index (χ0n) is 10.7. The lowest BCUT2D eigenvalue weighted by Gasteiger charge is -2.06. The summed E-state index contributed by atoms with van der Waals surface area (Å²) in [7, 11) is 0. The monoisotopic (exact) mass is 324 g/mol. The molecular formula is C15H10Cl2O4. The highest BCUT2D eigenvalue weighted by atomic mass is 35.5. The molecule has 108 valence electrons. The van der Waals surface area contributed by atoms with E-state index in [0.29, 0.717) is 5.02 Å². The first-order valence-electron chi connectivity index (χ1n) is 5.92. The molecule has 0 bridgehead atoms. The molecular weight excluding hydrogens is 315 g/mol. The van der Waals surface area contributed by atoms with Gasteiger partial charge in [-0.2, -0.15) is 0 Å². The number of phenols is 1. The third kappa shape index (κ3) is 3.97. The lowest BCUT2D eigenvalue weighted by Crippen LogP contribution is -2.14. The molecule has 1 N–H and O–H groups in total. The highest BCUT2D eigenvalue weighted by Gasteiger charge is 2.14. The summed E-state index contributed by atoms with van der Waals surface area (Å²) in [5.41, 5.74) is 0.431. The Morgan fingerprint density at radius 1 is 1.05 bits per heavy atom. The van der Waals surface area contributed by atoms with Gasteiger partial charge in [-0.1, -0.05) is 23.2 Å². The molecule has 2 aromatic carbocycles. The van der Waals surface area contributed by atoms with E-state index >= 15 is 0 Å². The number of carbonyl (C=O) groups excluding carboxylic acids is 2. The maximum absolute atomic E-state index is 11.9. The van der Waals surface area contributed by atoms with Crippen molar-refractivity contribution in [3.05, 3.63) is 63.6 Å². The molecule has 2 aromatic rings. The summed E-state index contributed by atoms with van der Waals surface area (Å²) in [6.07, 6.45) is 0. The molecule has 0 atom stereocenters. The summed E-state index contributed by atoms with van der Waals surface area (Å²) in [5, 5.41) is 9.74. The fourth-order valence-corrected chi connectivity index (χ4v) is 2.00. The van der Waals surface area contributed by atoms with Crippen LogP contribution in [0.5, 0.6) is 5.75 Å². The highest BCUT2D eigenvalue weighted by molar-refractivity contribution is 6.36. The number of phenolic OH excluding ortho intramolecular Hbond substituents is 1. The number of carbonyl (C=O) groups is 2. The molecule has 0 saturated heterocycles. The van der Waals surface area contributed by atoms with Gasteiger partial charge in [0, 0.05) is 10.6 Å². The Bertz CT molecular complexity index is 681. The van der Waals surface area contributed by atoms with E-state index in [1.54, 1.807) is 6.07 Å². The van der Waals surface area contributed by atoms with Crippen LogP contribution in [0.4, 0.5) is 0 Å². The van der Waals surface area contributed by atoms with E-state index in [1.165, 1.54) is 36.4 Å². The van der Waals surface area contributed by atoms with Gasteiger partial charge in [-0.25, -0.2) is 4.79 Å². The van der Waals surface area contributed by atoms with Crippen LogP contribution in [0.3, 0.4) is 0 Å². The van der Waals surface area contributed by atoms with Crippen LogP contribution in [-0.2, 0) is 4.74 Å². The summed E-state index contributed by atoms with van der Waals surface area (Å²) in [6.45, 7) is -0.445. The zero-order valence-corrected chi connectivity index (χ0v) is 12.2. The summed E-state index contributed by atoms with van der Waals surface area (Å²) >= 11 is 11.7. The summed E-state index contributed by atoms with van der Waals surface area (Å²) in [5.74, 6) is -1.08. The van der Waals surface area contributed by atoms with E-state index in [9.17, 15) is 9.59 Å². The molecule has 0 spiro atoms. The van der Waals surface area contributed by atoms with Crippen LogP contribution in [0.2, 0.25) is 10.0 Å². The van der Waals surface area contributed by atoms with Crippen LogP contribution in [-0.4, -0.2) is 23.5 Å². The third-order valence-electron chi connectivity index (χ3n) is 2.67. The standard InChI is InChI=1S/C15H10Cl2O4/c16-10-3-6-13(17)12(7-10)14(19)8-21-15(20)9-1-4-11(18)5-2-9/h1-7,18H,8H2. The summed E-state index contributed by atoms with van der Waals surface area (Å²) in [4.78, 5) is 23.7. The first-order chi connectivity index (χ1) is 9.97. The molecule has 0 aliphatic rings. The normalized spacial score (nSPS) is 10.2. The van der Waals surface area contributed by atoms with Crippen molar-refractivity contribution in [1.29, 1.82) is 0 Å². The second-order valence-corrected chi connectivity index (χ2v) is 5.01. The Morgan fingerprint density at radius 2 is 1.71 bits per heavy atom. The number of benzene rings is 2. The molecule has 0 aliphatic carbocycles. The third-order valence-corrected chi connectivity index (χ3v) is 3.23. The number of esters is 1. The molecule has 0 amide bonds. The lowest BCUT2D eigenvalue weighted by atomic mass is 10.1. The summed E-state index contributed by atoms with van der Waals surface area (Å²) < 4.78 is 4.91. The van der Waals surface area contributed by atoms with E-state index in [0.717, 1.165) is 0 Å². The maximum Gasteiger partial charge on any atom is 0.338 e. The first kappa shape index (κ1) is 15.4. The van der Waals surface area contributed by atoms with Gasteiger partial charge in [0.2, 0.25) is 5.78 Å². The number of halogens is 2. The Labute approximate surface area is 130 Å². The zero-order chi connectivity index (χ0) is 15.4. The van der Waals surface area contributed by atoms with Gasteiger partial charge in [0.05, 0.1) is 10.6 Å². The van der Waals surface area contributed by atoms with Crippen molar-refractivity contribution >= 4 is 35.0 Å². The van der Waals surface area contributed by atoms with Crippen LogP contribution in [0.15, 0.2) is 42.5 Å². The van der Waals surface area contributed by atoms with E-state index in [1.807, 2.05) is 0 Å². The van der Waals surface area contributed by atoms with Crippen LogP contribution < -0.4 is 0 Å². The molecule has 0 aromatic heterocycles. The minimum atomic E-state index is -0.665. The van der Waals surface area contributed by atoms with Crippen LogP contribution in [0.25, 0.3) is 0 Å². The molecule has 0 heterocycles. The van der Waals surface area contributed by atoms with Crippen molar-refractivity contribution in [2.24, 2.45) is 0 Å². The minimum Gasteiger partial charge on any atom is -0.508 e. The fourth-order valence-electron chi connectivity index (χ4n) is 1.60. The second kappa shape index (κ2) is 6.61. The molecule has 0 aliphatic heterocycles. The molecule has 6 heteroatoms. The fraction of sp³-hybridized carbons (Fsp3) is 0.0667. The molecule has 21 heavy (non-hydrogen) atoms. The van der Waals surface area contributed by atoms with E-state index in [4.69, 9.17) is 33.0 Å². The molecule has 0 unspecified atom stereocenters. The number of aromatic hydroxyl groups is 1. The van der Waals surface area contributed by atoms with Gasteiger partial charge in [0.1, 0.15) is 5.75 Å². The number of hydrogen-bond acceptors (Lipinski definition) is 4. The molecule has 0 fully saturated rings. The Morgan fingerprint density at radius 3 is 2.38 bits per heavy atom. The Kier molecular flexibility index (Phi) is 4.83. The highest BCUT2D eigenvalue weighted by Crippen LogP contribution is 2.21. The number of hydrogen-bond donors (Lipinski definition) is 1. The summed E-state index contributed by atoms with van der Waals surface area (Å²) in [6, 6.07) is 9.98. The van der Waals surface area contributed by atoms with Crippen molar-refractivity contribution in [3.8, 4) is 5.75 Å². The van der Waals surface area contributed by atoms with Gasteiger partial charge < -0.3 is 9.84 Å². The van der Waals surface area contributed by atoms with Crippen LogP contribution in [0, 0.1) is 0 Å². The van der Waals surface area contributed by atoms with Gasteiger partial charge in [0.25, 0.3) is 0 Å². The average molecular weight is 325 g/mol. The van der Waals surface area contributed by atoms with Gasteiger partial charge in [0.15, 0.2) is 6.61 Å². The first-order valence-corrected chi connectivity index (χ1v) is 6.67. The Balaban J connectivity index is 2.02. The van der Waals surface area contributed by atoms with E-state index < -0.39 is 18.4 Å². The predicted octanol–water partition coefficient (Wildman–Crippen LogP) is 3.74. The van der Waals surface area contributed by atoms with Crippen molar-refractivity contribution in [2.75, 3.05) is 6.61 Å². The van der Waals surface area contributed by atoms with Gasteiger partial charge >= 0.3 is 5.97 Å². The number of ether oxygens (including phenoxy) is 1. The second-order valence-electron chi connectivity index (χ2n) is 4.17. The SMILES string of the molecule is O=C(OCC(=O)c1cc(Cl)ccc1Cl)c1ccc(O)cc1. The van der Waals surface area contributed by atoms with Gasteiger partial charge in [-0.15, -0.1) is 0 Å². The molecule has 0 saturated carbocycles. The largest absolute Gasteiger partial charge is 0.508 e. The van der Waals surface area contributed by atoms with Crippen molar-refractivity contribution in [2.45, 2.75) is 0 Å². The Hall–Kier alpha value is -2.04. The topological polar surface area (TPSA) is 63.6 Å². The smallest absolute Gasteiger partial charge is 0.338 e. The van der Waals surface area contributed by atoms with Crippen LogP contribution in [0.1, 0.15) is 20.7 Å². The van der Waals surface area contributed by atoms with Crippen molar-refractivity contribution < 1.29 is 19.4 Å². The number of rotatable bonds is 4. The predicted molar refractivity (Wildman–Crippen MR) is 79.2 cm³/mol.